The summed E-state index contributed by atoms with van der Waals surface area (Å²) in [5.74, 6) is -1.72. The van der Waals surface area contributed by atoms with E-state index in [0.29, 0.717) is 0 Å². The highest BCUT2D eigenvalue weighted by Gasteiger charge is 2.17. The van der Waals surface area contributed by atoms with Crippen LogP contribution in [0.4, 0.5) is 0 Å². The minimum Gasteiger partial charge on any atom is -0.463 e. The van der Waals surface area contributed by atoms with Crippen LogP contribution in [0.5, 0.6) is 0 Å². The first-order valence-electron chi connectivity index (χ1n) is 5.22. The second kappa shape index (κ2) is 6.98. The van der Waals surface area contributed by atoms with E-state index in [1.54, 1.807) is 27.7 Å². The first-order chi connectivity index (χ1) is 7.31. The van der Waals surface area contributed by atoms with E-state index in [1.165, 1.54) is 0 Å². The maximum Gasteiger partial charge on any atom is 0.313 e. The Hall–Kier alpha value is -1.39. The van der Waals surface area contributed by atoms with Gasteiger partial charge in [-0.05, 0) is 27.7 Å². The molecule has 0 saturated carbocycles. The molecule has 0 spiro atoms. The lowest BCUT2D eigenvalue weighted by Crippen LogP contribution is -2.20. The summed E-state index contributed by atoms with van der Waals surface area (Å²) in [6.45, 7) is 6.76. The van der Waals surface area contributed by atoms with E-state index in [2.05, 4.69) is 0 Å². The van der Waals surface area contributed by atoms with Gasteiger partial charge in [0.05, 0.1) is 12.2 Å². The smallest absolute Gasteiger partial charge is 0.313 e. The van der Waals surface area contributed by atoms with Gasteiger partial charge in [0.1, 0.15) is 12.8 Å². The summed E-state index contributed by atoms with van der Waals surface area (Å²) in [6, 6.07) is 0. The summed E-state index contributed by atoms with van der Waals surface area (Å²) < 4.78 is 9.54. The molecule has 0 bridgehead atoms. The van der Waals surface area contributed by atoms with Crippen molar-refractivity contribution in [3.8, 4) is 0 Å². The zero-order valence-corrected chi connectivity index (χ0v) is 10.1. The van der Waals surface area contributed by atoms with Gasteiger partial charge in [-0.3, -0.25) is 14.4 Å². The lowest BCUT2D eigenvalue weighted by Gasteiger charge is -2.08. The van der Waals surface area contributed by atoms with Crippen LogP contribution in [0.25, 0.3) is 0 Å². The maximum atomic E-state index is 11.2. The number of hydrogen-bond acceptors (Lipinski definition) is 5. The average Bonchev–Trinajstić information content (AvgIpc) is 1.97. The van der Waals surface area contributed by atoms with Crippen LogP contribution in [0.3, 0.4) is 0 Å². The highest BCUT2D eigenvalue weighted by atomic mass is 16.5. The summed E-state index contributed by atoms with van der Waals surface area (Å²) in [5.41, 5.74) is 0. The molecular formula is C11H18O5. The number of ketones is 1. The fourth-order valence-electron chi connectivity index (χ4n) is 0.994. The molecule has 0 aliphatic carbocycles. The van der Waals surface area contributed by atoms with Crippen LogP contribution in [0, 0.1) is 0 Å². The molecule has 0 fully saturated rings. The van der Waals surface area contributed by atoms with Crippen LogP contribution in [0.15, 0.2) is 0 Å². The Morgan fingerprint density at radius 1 is 0.812 bits per heavy atom. The van der Waals surface area contributed by atoms with Gasteiger partial charge in [0.15, 0.2) is 5.78 Å². The molecule has 0 aromatic carbocycles. The van der Waals surface area contributed by atoms with Crippen molar-refractivity contribution < 1.29 is 23.9 Å². The fourth-order valence-corrected chi connectivity index (χ4v) is 0.994. The number of carbonyl (C=O) groups is 3. The standard InChI is InChI=1S/C11H18O5/c1-7(2)15-10(13)5-9(12)6-11(14)16-8(3)4/h7-8H,5-6H2,1-4H3. The van der Waals surface area contributed by atoms with E-state index < -0.39 is 17.7 Å². The summed E-state index contributed by atoms with van der Waals surface area (Å²) in [7, 11) is 0. The Kier molecular flexibility index (Phi) is 6.37. The Labute approximate surface area is 95.1 Å². The number of carbonyl (C=O) groups excluding carboxylic acids is 3. The van der Waals surface area contributed by atoms with Crippen LogP contribution in [-0.2, 0) is 23.9 Å². The molecule has 0 heterocycles. The molecule has 0 aliphatic rings. The second-order valence-corrected chi connectivity index (χ2v) is 3.97. The summed E-state index contributed by atoms with van der Waals surface area (Å²) in [6.07, 6.45) is -1.29. The van der Waals surface area contributed by atoms with Gasteiger partial charge in [0.25, 0.3) is 0 Å². The van der Waals surface area contributed by atoms with Crippen molar-refractivity contribution in [3.05, 3.63) is 0 Å². The lowest BCUT2D eigenvalue weighted by atomic mass is 10.2. The molecule has 16 heavy (non-hydrogen) atoms. The Morgan fingerprint density at radius 2 is 1.12 bits per heavy atom. The molecule has 5 nitrogen and oxygen atoms in total. The van der Waals surface area contributed by atoms with E-state index in [0.717, 1.165) is 0 Å². The summed E-state index contributed by atoms with van der Waals surface area (Å²) in [4.78, 5) is 33.4. The van der Waals surface area contributed by atoms with Crippen molar-refractivity contribution in [3.63, 3.8) is 0 Å². The Morgan fingerprint density at radius 3 is 1.38 bits per heavy atom. The van der Waals surface area contributed by atoms with E-state index in [1.807, 2.05) is 0 Å². The molecular weight excluding hydrogens is 212 g/mol. The van der Waals surface area contributed by atoms with Gasteiger partial charge in [-0.25, -0.2) is 0 Å². The van der Waals surface area contributed by atoms with Crippen LogP contribution in [0.2, 0.25) is 0 Å². The molecule has 0 aliphatic heterocycles. The van der Waals surface area contributed by atoms with Crippen LogP contribution in [0.1, 0.15) is 40.5 Å². The minimum absolute atomic E-state index is 0.261. The predicted molar refractivity (Wildman–Crippen MR) is 56.7 cm³/mol. The Bertz CT molecular complexity index is 242. The van der Waals surface area contributed by atoms with Gasteiger partial charge >= 0.3 is 11.9 Å². The topological polar surface area (TPSA) is 69.7 Å². The molecule has 0 amide bonds. The molecule has 0 radical (unpaired) electrons. The number of esters is 2. The highest BCUT2D eigenvalue weighted by molar-refractivity contribution is 6.03. The molecule has 0 unspecified atom stereocenters. The van der Waals surface area contributed by atoms with Gasteiger partial charge in [0, 0.05) is 0 Å². The minimum atomic E-state index is -0.614. The van der Waals surface area contributed by atoms with Crippen LogP contribution < -0.4 is 0 Å². The molecule has 92 valence electrons. The highest BCUT2D eigenvalue weighted by Crippen LogP contribution is 2.00. The average molecular weight is 230 g/mol. The number of rotatable bonds is 6. The largest absolute Gasteiger partial charge is 0.463 e. The number of ether oxygens (including phenoxy) is 2. The molecule has 0 aromatic rings. The SMILES string of the molecule is CC(C)OC(=O)CC(=O)CC(=O)OC(C)C. The van der Waals surface area contributed by atoms with Gasteiger partial charge in [0.2, 0.25) is 0 Å². The third-order valence-electron chi connectivity index (χ3n) is 1.42. The number of hydrogen-bond donors (Lipinski definition) is 0. The van der Waals surface area contributed by atoms with Gasteiger partial charge in [-0.1, -0.05) is 0 Å². The summed E-state index contributed by atoms with van der Waals surface area (Å²) in [5, 5.41) is 0. The van der Waals surface area contributed by atoms with Crippen molar-refractivity contribution in [1.82, 2.24) is 0 Å². The molecule has 5 heteroatoms. The van der Waals surface area contributed by atoms with Crippen LogP contribution >= 0.6 is 0 Å². The first-order valence-corrected chi connectivity index (χ1v) is 5.22. The Balaban J connectivity index is 3.90. The quantitative estimate of drug-likeness (QED) is 0.507. The first kappa shape index (κ1) is 14.6. The molecule has 0 aromatic heterocycles. The van der Waals surface area contributed by atoms with Gasteiger partial charge in [-0.15, -0.1) is 0 Å². The second-order valence-electron chi connectivity index (χ2n) is 3.97. The van der Waals surface area contributed by atoms with Crippen molar-refractivity contribution in [2.45, 2.75) is 52.7 Å². The third kappa shape index (κ3) is 7.96. The monoisotopic (exact) mass is 230 g/mol. The molecule has 0 saturated heterocycles. The van der Waals surface area contributed by atoms with Crippen LogP contribution in [-0.4, -0.2) is 29.9 Å². The van der Waals surface area contributed by atoms with Crippen molar-refractivity contribution >= 4 is 17.7 Å². The van der Waals surface area contributed by atoms with Gasteiger partial charge in [-0.2, -0.15) is 0 Å². The number of Topliss-reactive ketones (excluding diaryl/α,β-unsaturated/α-hetero) is 1. The van der Waals surface area contributed by atoms with E-state index >= 15 is 0 Å². The predicted octanol–water partition coefficient (Wildman–Crippen LogP) is 1.24. The maximum absolute atomic E-state index is 11.2. The summed E-state index contributed by atoms with van der Waals surface area (Å²) >= 11 is 0. The molecule has 0 rings (SSSR count). The van der Waals surface area contributed by atoms with Crippen molar-refractivity contribution in [2.24, 2.45) is 0 Å². The normalized spacial score (nSPS) is 10.4. The van der Waals surface area contributed by atoms with Crippen molar-refractivity contribution in [1.29, 1.82) is 0 Å². The lowest BCUT2D eigenvalue weighted by molar-refractivity contribution is -0.152. The molecule has 0 atom stereocenters. The van der Waals surface area contributed by atoms with E-state index in [9.17, 15) is 14.4 Å². The van der Waals surface area contributed by atoms with Gasteiger partial charge < -0.3 is 9.47 Å². The zero-order valence-electron chi connectivity index (χ0n) is 10.1. The zero-order chi connectivity index (χ0) is 12.7. The molecule has 0 N–H and O–H groups in total. The van der Waals surface area contributed by atoms with Crippen molar-refractivity contribution in [2.75, 3.05) is 0 Å². The third-order valence-corrected chi connectivity index (χ3v) is 1.42. The fraction of sp³-hybridized carbons (Fsp3) is 0.727. The van der Waals surface area contributed by atoms with E-state index in [-0.39, 0.29) is 25.0 Å². The van der Waals surface area contributed by atoms with E-state index in [4.69, 9.17) is 9.47 Å².